The molecule has 28 heavy (non-hydrogen) atoms. The summed E-state index contributed by atoms with van der Waals surface area (Å²) in [6.07, 6.45) is 10.1. The van der Waals surface area contributed by atoms with E-state index in [4.69, 9.17) is 5.53 Å². The molecule has 4 heteroatoms. The summed E-state index contributed by atoms with van der Waals surface area (Å²) < 4.78 is 0. The molecule has 3 rings (SSSR count). The van der Waals surface area contributed by atoms with E-state index in [1.54, 1.807) is 0 Å². The monoisotopic (exact) mass is 373 g/mol. The van der Waals surface area contributed by atoms with Crippen molar-refractivity contribution in [3.63, 3.8) is 0 Å². The molecule has 1 aliphatic carbocycles. The highest BCUT2D eigenvalue weighted by atomic mass is 16.1. The van der Waals surface area contributed by atoms with E-state index in [0.29, 0.717) is 11.5 Å². The Balaban J connectivity index is 1.84. The highest BCUT2D eigenvalue weighted by Gasteiger charge is 2.25. The second kappa shape index (κ2) is 9.91. The van der Waals surface area contributed by atoms with E-state index in [1.807, 2.05) is 36.4 Å². The topological polar surface area (TPSA) is 65.8 Å². The van der Waals surface area contributed by atoms with Crippen molar-refractivity contribution in [1.82, 2.24) is 0 Å². The molecule has 0 saturated heterocycles. The van der Waals surface area contributed by atoms with Gasteiger partial charge < -0.3 is 0 Å². The number of nitrogens with zero attached hydrogens (tertiary/aromatic N) is 3. The van der Waals surface area contributed by atoms with Gasteiger partial charge in [-0.05, 0) is 77.7 Å². The quantitative estimate of drug-likeness (QED) is 0.163. The molecule has 2 aromatic carbocycles. The maximum atomic E-state index is 12.4. The number of rotatable bonds is 7. The maximum absolute atomic E-state index is 12.4. The predicted molar refractivity (Wildman–Crippen MR) is 114 cm³/mol. The number of hydrogen-bond donors (Lipinski definition) is 0. The van der Waals surface area contributed by atoms with Gasteiger partial charge in [0, 0.05) is 10.5 Å². The van der Waals surface area contributed by atoms with E-state index in [0.717, 1.165) is 41.9 Å². The number of amides is 1. The van der Waals surface area contributed by atoms with Gasteiger partial charge in [-0.1, -0.05) is 61.0 Å². The molecule has 0 bridgehead atoms. The first-order valence-corrected chi connectivity index (χ1v) is 10.1. The number of benzene rings is 2. The van der Waals surface area contributed by atoms with E-state index >= 15 is 0 Å². The fraction of sp³-hybridized carbons (Fsp3) is 0.375. The molecule has 0 N–H and O–H groups in total. The van der Waals surface area contributed by atoms with E-state index < -0.39 is 5.91 Å². The largest absolute Gasteiger partial charge is 0.287 e. The summed E-state index contributed by atoms with van der Waals surface area (Å²) in [5, 5.41) is 3.35. The van der Waals surface area contributed by atoms with Crippen molar-refractivity contribution >= 4 is 5.91 Å². The van der Waals surface area contributed by atoms with Crippen molar-refractivity contribution in [3.8, 4) is 11.1 Å². The van der Waals surface area contributed by atoms with Gasteiger partial charge in [-0.2, -0.15) is 0 Å². The summed E-state index contributed by atoms with van der Waals surface area (Å²) in [7, 11) is 0. The third-order valence-electron chi connectivity index (χ3n) is 5.83. The summed E-state index contributed by atoms with van der Waals surface area (Å²) >= 11 is 0. The van der Waals surface area contributed by atoms with Crippen molar-refractivity contribution in [2.24, 2.45) is 11.0 Å². The molecule has 0 heterocycles. The maximum Gasteiger partial charge on any atom is 0.249 e. The highest BCUT2D eigenvalue weighted by Crippen LogP contribution is 2.40. The Morgan fingerprint density at radius 1 is 1.11 bits per heavy atom. The SMILES string of the molecule is C=CCCCC1CCC(c2cc(-c3ccccc3)ccc2C(=O)N=[N+]=[N-])CC1. The number of carbonyl (C=O) groups excluding carboxylic acids is 1. The Bertz CT molecular complexity index is 861. The molecule has 0 aromatic heterocycles. The van der Waals surface area contributed by atoms with Crippen molar-refractivity contribution in [3.05, 3.63) is 82.8 Å². The molecule has 0 radical (unpaired) electrons. The normalized spacial score (nSPS) is 18.9. The van der Waals surface area contributed by atoms with Gasteiger partial charge in [-0.3, -0.25) is 4.79 Å². The second-order valence-electron chi connectivity index (χ2n) is 7.60. The van der Waals surface area contributed by atoms with Crippen LogP contribution in [0.15, 0.2) is 66.3 Å². The van der Waals surface area contributed by atoms with Crippen LogP contribution in [0.5, 0.6) is 0 Å². The summed E-state index contributed by atoms with van der Waals surface area (Å²) in [4.78, 5) is 15.1. The van der Waals surface area contributed by atoms with Crippen molar-refractivity contribution in [2.75, 3.05) is 0 Å². The average molecular weight is 374 g/mol. The molecule has 1 amide bonds. The smallest absolute Gasteiger partial charge is 0.249 e. The lowest BCUT2D eigenvalue weighted by Crippen LogP contribution is -2.15. The molecular formula is C24H27N3O. The standard InChI is InChI=1S/C24H27N3O/c1-2-3-5-8-18-11-13-20(14-12-18)23-17-21(19-9-6-4-7-10-19)15-16-22(23)24(28)26-27-25/h2,4,6-7,9-10,15-18,20H,1,3,5,8,11-14H2. The lowest BCUT2D eigenvalue weighted by Gasteiger charge is -2.30. The zero-order valence-electron chi connectivity index (χ0n) is 16.3. The Labute approximate surface area is 166 Å². The van der Waals surface area contributed by atoms with Gasteiger partial charge >= 0.3 is 0 Å². The van der Waals surface area contributed by atoms with Crippen molar-refractivity contribution < 1.29 is 4.79 Å². The van der Waals surface area contributed by atoms with Gasteiger partial charge in [0.1, 0.15) is 0 Å². The van der Waals surface area contributed by atoms with Crippen molar-refractivity contribution in [1.29, 1.82) is 0 Å². The van der Waals surface area contributed by atoms with E-state index in [2.05, 4.69) is 34.8 Å². The molecular weight excluding hydrogens is 346 g/mol. The first kappa shape index (κ1) is 19.9. The Morgan fingerprint density at radius 3 is 2.54 bits per heavy atom. The molecule has 0 spiro atoms. The predicted octanol–water partition coefficient (Wildman–Crippen LogP) is 7.43. The molecule has 2 aromatic rings. The number of azide groups is 1. The minimum absolute atomic E-state index is 0.340. The van der Waals surface area contributed by atoms with Gasteiger partial charge in [0.15, 0.2) is 0 Å². The molecule has 0 atom stereocenters. The minimum atomic E-state index is -0.481. The first-order valence-electron chi connectivity index (χ1n) is 10.1. The summed E-state index contributed by atoms with van der Waals surface area (Å²) in [6.45, 7) is 3.80. The van der Waals surface area contributed by atoms with Crippen LogP contribution in [-0.4, -0.2) is 5.91 Å². The fourth-order valence-corrected chi connectivity index (χ4v) is 4.31. The molecule has 0 unspecified atom stereocenters. The van der Waals surface area contributed by atoms with Crippen LogP contribution in [0.4, 0.5) is 0 Å². The second-order valence-corrected chi connectivity index (χ2v) is 7.60. The fourth-order valence-electron chi connectivity index (χ4n) is 4.31. The van der Waals surface area contributed by atoms with Crippen LogP contribution in [0.1, 0.15) is 66.8 Å². The molecule has 1 fully saturated rings. The van der Waals surface area contributed by atoms with Crippen LogP contribution < -0.4 is 0 Å². The van der Waals surface area contributed by atoms with Crippen molar-refractivity contribution in [2.45, 2.75) is 50.9 Å². The number of unbranched alkanes of at least 4 members (excludes halogenated alkanes) is 1. The number of carbonyl (C=O) groups is 1. The van der Waals surface area contributed by atoms with Gasteiger partial charge in [-0.15, -0.1) is 6.58 Å². The zero-order valence-corrected chi connectivity index (χ0v) is 16.3. The van der Waals surface area contributed by atoms with Gasteiger partial charge in [0.25, 0.3) is 0 Å². The Morgan fingerprint density at radius 2 is 1.86 bits per heavy atom. The summed E-state index contributed by atoms with van der Waals surface area (Å²) in [5.74, 6) is 0.627. The Kier molecular flexibility index (Phi) is 7.05. The van der Waals surface area contributed by atoms with E-state index in [-0.39, 0.29) is 0 Å². The lowest BCUT2D eigenvalue weighted by atomic mass is 9.75. The molecule has 1 aliphatic rings. The molecule has 4 nitrogen and oxygen atoms in total. The molecule has 144 valence electrons. The van der Waals surface area contributed by atoms with Crippen LogP contribution in [0, 0.1) is 5.92 Å². The van der Waals surface area contributed by atoms with E-state index in [9.17, 15) is 4.79 Å². The number of hydrogen-bond acceptors (Lipinski definition) is 1. The Hall–Kier alpha value is -2.84. The van der Waals surface area contributed by atoms with Crippen LogP contribution in [-0.2, 0) is 0 Å². The lowest BCUT2D eigenvalue weighted by molar-refractivity contribution is 0.0998. The molecule has 0 aliphatic heterocycles. The van der Waals surface area contributed by atoms with Gasteiger partial charge in [-0.25, -0.2) is 0 Å². The third kappa shape index (κ3) is 4.90. The average Bonchev–Trinajstić information content (AvgIpc) is 2.75. The van der Waals surface area contributed by atoms with Gasteiger partial charge in [0.2, 0.25) is 5.91 Å². The van der Waals surface area contributed by atoms with E-state index in [1.165, 1.54) is 25.7 Å². The first-order chi connectivity index (χ1) is 13.7. The summed E-state index contributed by atoms with van der Waals surface area (Å²) in [5.41, 5.74) is 12.5. The van der Waals surface area contributed by atoms with Crippen LogP contribution in [0.25, 0.3) is 21.6 Å². The molecule has 1 saturated carbocycles. The van der Waals surface area contributed by atoms with Crippen LogP contribution in [0.2, 0.25) is 0 Å². The minimum Gasteiger partial charge on any atom is -0.287 e. The number of allylic oxidation sites excluding steroid dienone is 1. The zero-order chi connectivity index (χ0) is 19.8. The summed E-state index contributed by atoms with van der Waals surface area (Å²) in [6, 6.07) is 16.1. The van der Waals surface area contributed by atoms with Crippen LogP contribution in [0.3, 0.4) is 0 Å². The van der Waals surface area contributed by atoms with Gasteiger partial charge in [0.05, 0.1) is 0 Å². The highest BCUT2D eigenvalue weighted by molar-refractivity contribution is 5.97. The van der Waals surface area contributed by atoms with Crippen LogP contribution >= 0.6 is 0 Å². The third-order valence-corrected chi connectivity index (χ3v) is 5.83.